The minimum Gasteiger partial charge on any atom is -0.368 e. The molecule has 0 spiro atoms. The van der Waals surface area contributed by atoms with Crippen LogP contribution in [0.1, 0.15) is 40.3 Å². The van der Waals surface area contributed by atoms with Gasteiger partial charge in [0.15, 0.2) is 5.82 Å². The van der Waals surface area contributed by atoms with E-state index < -0.39 is 0 Å². The standard InChI is InChI=1S/C13H14ClN3O3S/c14-10-4-3-9(21-10)12(18)15-6-5-11-16-13(20-17-11)8-2-1-7-19-8/h3-4,8H,1-2,5-7H2,(H,15,18)/t8-/m1/s1. The first-order valence-electron chi connectivity index (χ1n) is 6.70. The Labute approximate surface area is 130 Å². The predicted molar refractivity (Wildman–Crippen MR) is 77.6 cm³/mol. The number of carbonyl (C=O) groups is 1. The molecule has 0 aliphatic carbocycles. The highest BCUT2D eigenvalue weighted by Crippen LogP contribution is 2.26. The van der Waals surface area contributed by atoms with Crippen LogP contribution < -0.4 is 5.32 Å². The van der Waals surface area contributed by atoms with E-state index in [1.54, 1.807) is 12.1 Å². The normalized spacial score (nSPS) is 18.0. The number of carbonyl (C=O) groups excluding carboxylic acids is 1. The van der Waals surface area contributed by atoms with E-state index in [4.69, 9.17) is 20.9 Å². The van der Waals surface area contributed by atoms with Gasteiger partial charge in [-0.3, -0.25) is 4.79 Å². The molecular formula is C13H14ClN3O3S. The highest BCUT2D eigenvalue weighted by Gasteiger charge is 2.23. The van der Waals surface area contributed by atoms with Crippen LogP contribution in [0.2, 0.25) is 4.34 Å². The minimum atomic E-state index is -0.144. The van der Waals surface area contributed by atoms with Gasteiger partial charge in [0.25, 0.3) is 11.8 Å². The number of nitrogens with zero attached hydrogens (tertiary/aromatic N) is 2. The molecule has 0 aromatic carbocycles. The van der Waals surface area contributed by atoms with Gasteiger partial charge in [-0.05, 0) is 25.0 Å². The molecule has 3 rings (SSSR count). The fourth-order valence-electron chi connectivity index (χ4n) is 2.08. The quantitative estimate of drug-likeness (QED) is 0.913. The molecule has 3 heterocycles. The Morgan fingerprint density at radius 3 is 3.14 bits per heavy atom. The van der Waals surface area contributed by atoms with Crippen LogP contribution in [0, 0.1) is 0 Å². The van der Waals surface area contributed by atoms with Crippen LogP contribution in [0.25, 0.3) is 0 Å². The zero-order valence-corrected chi connectivity index (χ0v) is 12.7. The summed E-state index contributed by atoms with van der Waals surface area (Å²) < 4.78 is 11.3. The molecule has 1 aliphatic heterocycles. The monoisotopic (exact) mass is 327 g/mol. The summed E-state index contributed by atoms with van der Waals surface area (Å²) in [5.41, 5.74) is 0. The number of halogens is 1. The molecule has 1 atom stereocenters. The lowest BCUT2D eigenvalue weighted by Gasteiger charge is -2.01. The largest absolute Gasteiger partial charge is 0.368 e. The number of nitrogens with one attached hydrogen (secondary N) is 1. The van der Waals surface area contributed by atoms with Crippen LogP contribution in [-0.2, 0) is 11.2 Å². The van der Waals surface area contributed by atoms with Crippen molar-refractivity contribution in [2.24, 2.45) is 0 Å². The molecule has 1 saturated heterocycles. The van der Waals surface area contributed by atoms with Crippen LogP contribution in [0.3, 0.4) is 0 Å². The van der Waals surface area contributed by atoms with Crippen molar-refractivity contribution >= 4 is 28.8 Å². The van der Waals surface area contributed by atoms with Crippen molar-refractivity contribution in [3.63, 3.8) is 0 Å². The number of thiophene rings is 1. The molecule has 6 nitrogen and oxygen atoms in total. The average Bonchev–Trinajstić information content (AvgIpc) is 3.19. The zero-order valence-electron chi connectivity index (χ0n) is 11.2. The molecule has 1 fully saturated rings. The second-order valence-electron chi connectivity index (χ2n) is 4.66. The maximum Gasteiger partial charge on any atom is 0.261 e. The van der Waals surface area contributed by atoms with E-state index in [9.17, 15) is 4.79 Å². The van der Waals surface area contributed by atoms with E-state index in [2.05, 4.69) is 15.5 Å². The van der Waals surface area contributed by atoms with Crippen LogP contribution in [-0.4, -0.2) is 29.2 Å². The second kappa shape index (κ2) is 6.55. The zero-order chi connectivity index (χ0) is 14.7. The summed E-state index contributed by atoms with van der Waals surface area (Å²) in [5, 5.41) is 6.70. The van der Waals surface area contributed by atoms with Crippen molar-refractivity contribution in [1.29, 1.82) is 0 Å². The first kappa shape index (κ1) is 14.5. The Kier molecular flexibility index (Phi) is 4.52. The van der Waals surface area contributed by atoms with Crippen LogP contribution in [0.5, 0.6) is 0 Å². The Bertz CT molecular complexity index is 622. The van der Waals surface area contributed by atoms with Crippen molar-refractivity contribution in [1.82, 2.24) is 15.5 Å². The fraction of sp³-hybridized carbons (Fsp3) is 0.462. The van der Waals surface area contributed by atoms with Crippen LogP contribution in [0.15, 0.2) is 16.7 Å². The van der Waals surface area contributed by atoms with Gasteiger partial charge in [-0.1, -0.05) is 16.8 Å². The number of hydrogen-bond acceptors (Lipinski definition) is 6. The molecular weight excluding hydrogens is 314 g/mol. The summed E-state index contributed by atoms with van der Waals surface area (Å²) in [6.07, 6.45) is 2.37. The Hall–Kier alpha value is -1.44. The van der Waals surface area contributed by atoms with E-state index in [1.165, 1.54) is 11.3 Å². The Balaban J connectivity index is 1.48. The minimum absolute atomic E-state index is 0.0749. The highest BCUT2D eigenvalue weighted by molar-refractivity contribution is 7.17. The Morgan fingerprint density at radius 2 is 2.43 bits per heavy atom. The van der Waals surface area contributed by atoms with Crippen molar-refractivity contribution in [3.05, 3.63) is 33.1 Å². The molecule has 1 N–H and O–H groups in total. The number of rotatable bonds is 5. The molecule has 0 radical (unpaired) electrons. The summed E-state index contributed by atoms with van der Waals surface area (Å²) >= 11 is 7.04. The average molecular weight is 328 g/mol. The van der Waals surface area contributed by atoms with Gasteiger partial charge in [-0.25, -0.2) is 0 Å². The first-order valence-corrected chi connectivity index (χ1v) is 7.89. The first-order chi connectivity index (χ1) is 10.2. The lowest BCUT2D eigenvalue weighted by molar-refractivity contribution is 0.0835. The number of amides is 1. The maximum atomic E-state index is 11.8. The molecule has 0 bridgehead atoms. The molecule has 1 amide bonds. The highest BCUT2D eigenvalue weighted by atomic mass is 35.5. The number of ether oxygens (including phenoxy) is 1. The number of aromatic nitrogens is 2. The van der Waals surface area contributed by atoms with Gasteiger partial charge in [0.05, 0.1) is 9.21 Å². The Morgan fingerprint density at radius 1 is 1.52 bits per heavy atom. The third-order valence-corrected chi connectivity index (χ3v) is 4.35. The molecule has 21 heavy (non-hydrogen) atoms. The van der Waals surface area contributed by atoms with Crippen LogP contribution >= 0.6 is 22.9 Å². The maximum absolute atomic E-state index is 11.8. The molecule has 8 heteroatoms. The van der Waals surface area contributed by atoms with Gasteiger partial charge < -0.3 is 14.6 Å². The summed E-state index contributed by atoms with van der Waals surface area (Å²) in [7, 11) is 0. The van der Waals surface area contributed by atoms with Crippen molar-refractivity contribution < 1.29 is 14.1 Å². The van der Waals surface area contributed by atoms with Gasteiger partial charge in [0, 0.05) is 19.6 Å². The van der Waals surface area contributed by atoms with E-state index >= 15 is 0 Å². The van der Waals surface area contributed by atoms with E-state index in [0.29, 0.717) is 33.9 Å². The van der Waals surface area contributed by atoms with Crippen molar-refractivity contribution in [3.8, 4) is 0 Å². The summed E-state index contributed by atoms with van der Waals surface area (Å²) in [4.78, 5) is 16.7. The third-order valence-electron chi connectivity index (χ3n) is 3.12. The summed E-state index contributed by atoms with van der Waals surface area (Å²) in [6, 6.07) is 3.40. The number of hydrogen-bond donors (Lipinski definition) is 1. The molecule has 112 valence electrons. The van der Waals surface area contributed by atoms with Gasteiger partial charge in [-0.15, -0.1) is 11.3 Å². The molecule has 0 unspecified atom stereocenters. The molecule has 2 aromatic heterocycles. The molecule has 2 aromatic rings. The third kappa shape index (κ3) is 3.61. The van der Waals surface area contributed by atoms with Crippen molar-refractivity contribution in [2.45, 2.75) is 25.4 Å². The topological polar surface area (TPSA) is 77.2 Å². The molecule has 0 saturated carbocycles. The summed E-state index contributed by atoms with van der Waals surface area (Å²) in [5.74, 6) is 0.957. The smallest absolute Gasteiger partial charge is 0.261 e. The predicted octanol–water partition coefficient (Wildman–Crippen LogP) is 2.61. The van der Waals surface area contributed by atoms with Gasteiger partial charge >= 0.3 is 0 Å². The SMILES string of the molecule is O=C(NCCc1noc([C@H]2CCCO2)n1)c1ccc(Cl)s1. The lowest BCUT2D eigenvalue weighted by atomic mass is 10.2. The molecule has 1 aliphatic rings. The van der Waals surface area contributed by atoms with Gasteiger partial charge in [0.1, 0.15) is 6.10 Å². The fourth-order valence-corrected chi connectivity index (χ4v) is 3.04. The second-order valence-corrected chi connectivity index (χ2v) is 6.38. The van der Waals surface area contributed by atoms with Crippen LogP contribution in [0.4, 0.5) is 0 Å². The van der Waals surface area contributed by atoms with Gasteiger partial charge in [-0.2, -0.15) is 4.98 Å². The van der Waals surface area contributed by atoms with E-state index in [0.717, 1.165) is 19.4 Å². The van der Waals surface area contributed by atoms with Gasteiger partial charge in [0.2, 0.25) is 0 Å². The summed E-state index contributed by atoms with van der Waals surface area (Å²) in [6.45, 7) is 1.18. The van der Waals surface area contributed by atoms with E-state index in [-0.39, 0.29) is 12.0 Å². The van der Waals surface area contributed by atoms with E-state index in [1.807, 2.05) is 0 Å². The van der Waals surface area contributed by atoms with Crippen molar-refractivity contribution in [2.75, 3.05) is 13.2 Å². The lowest BCUT2D eigenvalue weighted by Crippen LogP contribution is -2.25.